The number of nitrogens with one attached hydrogen (secondary N) is 1. The molecule has 0 aliphatic heterocycles. The summed E-state index contributed by atoms with van der Waals surface area (Å²) in [4.78, 5) is 16.0. The highest BCUT2D eigenvalue weighted by Crippen LogP contribution is 2.06. The lowest BCUT2D eigenvalue weighted by Gasteiger charge is -2.06. The van der Waals surface area contributed by atoms with Crippen molar-refractivity contribution in [1.29, 1.82) is 0 Å². The van der Waals surface area contributed by atoms with Crippen LogP contribution in [0, 0.1) is 6.92 Å². The molecule has 0 amide bonds. The molecule has 0 atom stereocenters. The number of hydrogen-bond donors (Lipinski definition) is 1. The molecule has 6 heteroatoms. The van der Waals surface area contributed by atoms with Crippen LogP contribution < -0.4 is 10.9 Å². The lowest BCUT2D eigenvalue weighted by Crippen LogP contribution is -2.23. The first-order valence-corrected chi connectivity index (χ1v) is 5.90. The minimum atomic E-state index is -0.0958. The molecular formula is C12H17N5O. The summed E-state index contributed by atoms with van der Waals surface area (Å²) in [5, 5.41) is 7.31. The second kappa shape index (κ2) is 5.03. The molecule has 2 rings (SSSR count). The zero-order valence-corrected chi connectivity index (χ0v) is 10.8. The van der Waals surface area contributed by atoms with Gasteiger partial charge in [-0.15, -0.1) is 0 Å². The maximum Gasteiger partial charge on any atom is 0.293 e. The highest BCUT2D eigenvalue weighted by Gasteiger charge is 2.06. The highest BCUT2D eigenvalue weighted by atomic mass is 16.1. The van der Waals surface area contributed by atoms with E-state index in [-0.39, 0.29) is 5.56 Å². The summed E-state index contributed by atoms with van der Waals surface area (Å²) < 4.78 is 3.38. The Labute approximate surface area is 105 Å². The molecule has 18 heavy (non-hydrogen) atoms. The van der Waals surface area contributed by atoms with Crippen molar-refractivity contribution in [2.45, 2.75) is 26.9 Å². The third-order valence-electron chi connectivity index (χ3n) is 2.82. The molecule has 0 aliphatic rings. The van der Waals surface area contributed by atoms with Crippen LogP contribution in [0.1, 0.15) is 18.2 Å². The maximum absolute atomic E-state index is 11.9. The Bertz CT molecular complexity index is 599. The second-order valence-electron chi connectivity index (χ2n) is 4.13. The molecule has 0 saturated heterocycles. The largest absolute Gasteiger partial charge is 0.361 e. The van der Waals surface area contributed by atoms with Gasteiger partial charge in [-0.05, 0) is 13.8 Å². The molecule has 0 aromatic carbocycles. The van der Waals surface area contributed by atoms with Gasteiger partial charge in [0, 0.05) is 44.3 Å². The molecule has 1 N–H and O–H groups in total. The fourth-order valence-corrected chi connectivity index (χ4v) is 1.82. The topological polar surface area (TPSA) is 64.7 Å². The van der Waals surface area contributed by atoms with Gasteiger partial charge in [-0.25, -0.2) is 4.98 Å². The Balaban J connectivity index is 2.16. The number of rotatable bonds is 4. The normalized spacial score (nSPS) is 10.6. The van der Waals surface area contributed by atoms with Crippen LogP contribution >= 0.6 is 0 Å². The van der Waals surface area contributed by atoms with Gasteiger partial charge < -0.3 is 9.88 Å². The van der Waals surface area contributed by atoms with Gasteiger partial charge in [0.2, 0.25) is 0 Å². The van der Waals surface area contributed by atoms with Crippen molar-refractivity contribution >= 4 is 5.82 Å². The third-order valence-corrected chi connectivity index (χ3v) is 2.82. The average Bonchev–Trinajstić information content (AvgIpc) is 2.66. The van der Waals surface area contributed by atoms with Gasteiger partial charge in [0.1, 0.15) is 0 Å². The second-order valence-corrected chi connectivity index (χ2v) is 4.13. The van der Waals surface area contributed by atoms with Crippen molar-refractivity contribution in [2.24, 2.45) is 7.05 Å². The Hall–Kier alpha value is -2.11. The SMILES string of the molecule is CCn1ccnc(NCc2cn(C)nc2C)c1=O. The predicted octanol–water partition coefficient (Wildman–Crippen LogP) is 0.917. The fraction of sp³-hybridized carbons (Fsp3) is 0.417. The molecule has 0 saturated carbocycles. The van der Waals surface area contributed by atoms with Crippen molar-refractivity contribution in [3.63, 3.8) is 0 Å². The molecular weight excluding hydrogens is 230 g/mol. The molecule has 0 radical (unpaired) electrons. The van der Waals surface area contributed by atoms with Crippen LogP contribution in [0.3, 0.4) is 0 Å². The Morgan fingerprint density at radius 1 is 1.44 bits per heavy atom. The molecule has 96 valence electrons. The van der Waals surface area contributed by atoms with E-state index in [1.807, 2.05) is 27.1 Å². The summed E-state index contributed by atoms with van der Waals surface area (Å²) in [5.74, 6) is 0.377. The predicted molar refractivity (Wildman–Crippen MR) is 69.4 cm³/mol. The van der Waals surface area contributed by atoms with Gasteiger partial charge in [0.05, 0.1) is 5.69 Å². The van der Waals surface area contributed by atoms with Crippen LogP contribution in [0.4, 0.5) is 5.82 Å². The van der Waals surface area contributed by atoms with E-state index in [9.17, 15) is 4.79 Å². The summed E-state index contributed by atoms with van der Waals surface area (Å²) in [7, 11) is 1.88. The number of nitrogens with zero attached hydrogens (tertiary/aromatic N) is 4. The van der Waals surface area contributed by atoms with Crippen LogP contribution in [0.15, 0.2) is 23.4 Å². The zero-order valence-electron chi connectivity index (χ0n) is 10.8. The van der Waals surface area contributed by atoms with E-state index in [4.69, 9.17) is 0 Å². The van der Waals surface area contributed by atoms with Crippen LogP contribution in [0.25, 0.3) is 0 Å². The molecule has 0 fully saturated rings. The fourth-order valence-electron chi connectivity index (χ4n) is 1.82. The van der Waals surface area contributed by atoms with E-state index in [2.05, 4.69) is 15.4 Å². The summed E-state index contributed by atoms with van der Waals surface area (Å²) in [5.41, 5.74) is 1.92. The van der Waals surface area contributed by atoms with Crippen LogP contribution in [-0.2, 0) is 20.1 Å². The summed E-state index contributed by atoms with van der Waals surface area (Å²) in [6.07, 6.45) is 5.25. The minimum Gasteiger partial charge on any atom is -0.361 e. The third kappa shape index (κ3) is 2.42. The first kappa shape index (κ1) is 12.3. The van der Waals surface area contributed by atoms with Crippen LogP contribution in [0.5, 0.6) is 0 Å². The quantitative estimate of drug-likeness (QED) is 0.872. The van der Waals surface area contributed by atoms with Crippen molar-refractivity contribution in [3.8, 4) is 0 Å². The van der Waals surface area contributed by atoms with Gasteiger partial charge in [0.15, 0.2) is 5.82 Å². The summed E-state index contributed by atoms with van der Waals surface area (Å²) >= 11 is 0. The van der Waals surface area contributed by atoms with E-state index < -0.39 is 0 Å². The first-order chi connectivity index (χ1) is 8.61. The van der Waals surface area contributed by atoms with E-state index in [1.54, 1.807) is 21.6 Å². The molecule has 0 bridgehead atoms. The van der Waals surface area contributed by atoms with E-state index >= 15 is 0 Å². The number of aromatic nitrogens is 4. The lowest BCUT2D eigenvalue weighted by molar-refractivity contribution is 0.718. The van der Waals surface area contributed by atoms with Gasteiger partial charge in [0.25, 0.3) is 5.56 Å². The number of aryl methyl sites for hydroxylation is 3. The van der Waals surface area contributed by atoms with E-state index in [0.29, 0.717) is 18.9 Å². The maximum atomic E-state index is 11.9. The summed E-state index contributed by atoms with van der Waals surface area (Å²) in [6, 6.07) is 0. The average molecular weight is 247 g/mol. The first-order valence-electron chi connectivity index (χ1n) is 5.90. The zero-order chi connectivity index (χ0) is 13.1. The van der Waals surface area contributed by atoms with Gasteiger partial charge in [-0.2, -0.15) is 5.10 Å². The minimum absolute atomic E-state index is 0.0958. The monoisotopic (exact) mass is 247 g/mol. The van der Waals surface area contributed by atoms with Gasteiger partial charge in [-0.1, -0.05) is 0 Å². The Kier molecular flexibility index (Phi) is 3.45. The van der Waals surface area contributed by atoms with Gasteiger partial charge in [-0.3, -0.25) is 9.48 Å². The van der Waals surface area contributed by atoms with Crippen molar-refractivity contribution in [2.75, 3.05) is 5.32 Å². The van der Waals surface area contributed by atoms with E-state index in [1.165, 1.54) is 0 Å². The Morgan fingerprint density at radius 3 is 2.83 bits per heavy atom. The summed E-state index contributed by atoms with van der Waals surface area (Å²) in [6.45, 7) is 5.06. The molecule has 6 nitrogen and oxygen atoms in total. The number of anilines is 1. The van der Waals surface area contributed by atoms with E-state index in [0.717, 1.165) is 11.3 Å². The molecule has 0 unspecified atom stereocenters. The smallest absolute Gasteiger partial charge is 0.293 e. The van der Waals surface area contributed by atoms with Crippen molar-refractivity contribution < 1.29 is 0 Å². The van der Waals surface area contributed by atoms with Crippen molar-refractivity contribution in [3.05, 3.63) is 40.2 Å². The standard InChI is InChI=1S/C12H17N5O/c1-4-17-6-5-13-11(12(17)18)14-7-10-8-16(3)15-9(10)2/h5-6,8H,4,7H2,1-3H3,(H,13,14). The van der Waals surface area contributed by atoms with Crippen LogP contribution in [0.2, 0.25) is 0 Å². The molecule has 0 spiro atoms. The molecule has 0 aliphatic carbocycles. The molecule has 2 aromatic rings. The highest BCUT2D eigenvalue weighted by molar-refractivity contribution is 5.33. The van der Waals surface area contributed by atoms with Gasteiger partial charge >= 0.3 is 0 Å². The molecule has 2 heterocycles. The van der Waals surface area contributed by atoms with Crippen LogP contribution in [-0.4, -0.2) is 19.3 Å². The number of hydrogen-bond acceptors (Lipinski definition) is 4. The lowest BCUT2D eigenvalue weighted by atomic mass is 10.2. The molecule has 2 aromatic heterocycles. The van der Waals surface area contributed by atoms with Crippen molar-refractivity contribution in [1.82, 2.24) is 19.3 Å². The Morgan fingerprint density at radius 2 is 2.22 bits per heavy atom.